The van der Waals surface area contributed by atoms with Crippen LogP contribution in [0.4, 0.5) is 11.4 Å². The Kier molecular flexibility index (Phi) is 6.75. The first-order chi connectivity index (χ1) is 14.8. The summed E-state index contributed by atoms with van der Waals surface area (Å²) in [6.07, 6.45) is 0. The van der Waals surface area contributed by atoms with E-state index in [4.69, 9.17) is 4.74 Å². The molecule has 3 aromatic rings. The maximum absolute atomic E-state index is 12.6. The molecule has 0 saturated carbocycles. The van der Waals surface area contributed by atoms with Gasteiger partial charge in [-0.25, -0.2) is 0 Å². The molecular formula is C25H28N3O2+. The van der Waals surface area contributed by atoms with Crippen molar-refractivity contribution in [2.75, 3.05) is 43.1 Å². The number of anilines is 2. The zero-order valence-electron chi connectivity index (χ0n) is 17.0. The van der Waals surface area contributed by atoms with Crippen LogP contribution in [0.1, 0.15) is 17.2 Å². The number of morpholine rings is 1. The van der Waals surface area contributed by atoms with Crippen LogP contribution in [0.3, 0.4) is 0 Å². The lowest BCUT2D eigenvalue weighted by atomic mass is 9.99. The van der Waals surface area contributed by atoms with E-state index in [0.717, 1.165) is 37.7 Å². The van der Waals surface area contributed by atoms with Crippen LogP contribution >= 0.6 is 0 Å². The van der Waals surface area contributed by atoms with E-state index in [9.17, 15) is 4.79 Å². The summed E-state index contributed by atoms with van der Waals surface area (Å²) in [5.74, 6) is -0.00835. The maximum atomic E-state index is 12.6. The first-order valence-electron chi connectivity index (χ1n) is 10.5. The van der Waals surface area contributed by atoms with Gasteiger partial charge < -0.3 is 20.3 Å². The van der Waals surface area contributed by atoms with Crippen molar-refractivity contribution in [2.24, 2.45) is 0 Å². The number of benzene rings is 3. The molecule has 5 heteroatoms. The molecule has 0 radical (unpaired) electrons. The average Bonchev–Trinajstić information content (AvgIpc) is 2.82. The normalized spacial score (nSPS) is 14.0. The molecule has 4 rings (SSSR count). The summed E-state index contributed by atoms with van der Waals surface area (Å²) in [5.41, 5.74) is 4.36. The quantitative estimate of drug-likeness (QED) is 0.639. The van der Waals surface area contributed by atoms with Gasteiger partial charge in [0.15, 0.2) is 6.54 Å². The summed E-state index contributed by atoms with van der Waals surface area (Å²) in [7, 11) is 0. The summed E-state index contributed by atoms with van der Waals surface area (Å²) < 4.78 is 5.41. The number of carbonyl (C=O) groups excluding carboxylic acids is 1. The zero-order valence-corrected chi connectivity index (χ0v) is 17.0. The van der Waals surface area contributed by atoms with E-state index in [0.29, 0.717) is 6.54 Å². The van der Waals surface area contributed by atoms with E-state index in [1.807, 2.05) is 48.5 Å². The van der Waals surface area contributed by atoms with E-state index in [-0.39, 0.29) is 11.9 Å². The van der Waals surface area contributed by atoms with Crippen molar-refractivity contribution in [1.29, 1.82) is 0 Å². The molecule has 1 saturated heterocycles. The number of nitrogens with one attached hydrogen (secondary N) is 1. The van der Waals surface area contributed by atoms with Gasteiger partial charge in [-0.2, -0.15) is 0 Å². The van der Waals surface area contributed by atoms with Crippen LogP contribution in [-0.2, 0) is 9.53 Å². The first kappa shape index (κ1) is 20.1. The molecule has 30 heavy (non-hydrogen) atoms. The number of quaternary nitrogens is 1. The van der Waals surface area contributed by atoms with Gasteiger partial charge in [0.2, 0.25) is 0 Å². The van der Waals surface area contributed by atoms with Gasteiger partial charge in [-0.1, -0.05) is 60.7 Å². The summed E-state index contributed by atoms with van der Waals surface area (Å²) >= 11 is 0. The van der Waals surface area contributed by atoms with Crippen molar-refractivity contribution < 1.29 is 14.8 Å². The SMILES string of the molecule is O=C(C[NH2+]C(c1ccccc1)c1ccccc1)Nc1ccc(N2CCOCC2)cc1. The molecule has 154 valence electrons. The predicted octanol–water partition coefficient (Wildman–Crippen LogP) is 2.81. The Balaban J connectivity index is 1.37. The van der Waals surface area contributed by atoms with Crippen LogP contribution in [0, 0.1) is 0 Å². The minimum Gasteiger partial charge on any atom is -0.378 e. The lowest BCUT2D eigenvalue weighted by Crippen LogP contribution is -2.87. The van der Waals surface area contributed by atoms with Crippen LogP contribution in [0.25, 0.3) is 0 Å². The molecule has 0 spiro atoms. The molecule has 1 fully saturated rings. The molecular weight excluding hydrogens is 374 g/mol. The molecule has 3 N–H and O–H groups in total. The number of rotatable bonds is 7. The van der Waals surface area contributed by atoms with Gasteiger partial charge in [-0.05, 0) is 24.3 Å². The highest BCUT2D eigenvalue weighted by atomic mass is 16.5. The summed E-state index contributed by atoms with van der Waals surface area (Å²) in [6, 6.07) is 28.7. The fraction of sp³-hybridized carbons (Fsp3) is 0.240. The van der Waals surface area contributed by atoms with Gasteiger partial charge >= 0.3 is 0 Å². The number of hydrogen-bond acceptors (Lipinski definition) is 3. The van der Waals surface area contributed by atoms with Crippen LogP contribution in [0.5, 0.6) is 0 Å². The van der Waals surface area contributed by atoms with Gasteiger partial charge in [0.25, 0.3) is 5.91 Å². The zero-order chi connectivity index (χ0) is 20.6. The highest BCUT2D eigenvalue weighted by Crippen LogP contribution is 2.19. The molecule has 1 aliphatic heterocycles. The topological polar surface area (TPSA) is 58.2 Å². The fourth-order valence-electron chi connectivity index (χ4n) is 3.80. The molecule has 0 atom stereocenters. The van der Waals surface area contributed by atoms with Gasteiger partial charge in [-0.15, -0.1) is 0 Å². The van der Waals surface area contributed by atoms with Crippen LogP contribution in [0.15, 0.2) is 84.9 Å². The minimum absolute atomic E-state index is 0.00835. The lowest BCUT2D eigenvalue weighted by Gasteiger charge is -2.28. The van der Waals surface area contributed by atoms with Gasteiger partial charge in [0.1, 0.15) is 6.04 Å². The molecule has 0 unspecified atom stereocenters. The van der Waals surface area contributed by atoms with Crippen molar-refractivity contribution in [2.45, 2.75) is 6.04 Å². The number of carbonyl (C=O) groups is 1. The predicted molar refractivity (Wildman–Crippen MR) is 120 cm³/mol. The van der Waals surface area contributed by atoms with E-state index in [2.05, 4.69) is 51.9 Å². The third-order valence-electron chi connectivity index (χ3n) is 5.38. The number of ether oxygens (including phenoxy) is 1. The summed E-state index contributed by atoms with van der Waals surface area (Å²) in [5, 5.41) is 5.10. The Morgan fingerprint density at radius 3 is 2.00 bits per heavy atom. The molecule has 1 heterocycles. The van der Waals surface area contributed by atoms with Crippen LogP contribution in [0.2, 0.25) is 0 Å². The Bertz CT molecular complexity index is 884. The van der Waals surface area contributed by atoms with E-state index in [1.165, 1.54) is 11.1 Å². The number of nitrogens with zero attached hydrogens (tertiary/aromatic N) is 1. The third kappa shape index (κ3) is 5.26. The largest absolute Gasteiger partial charge is 0.378 e. The van der Waals surface area contributed by atoms with E-state index >= 15 is 0 Å². The van der Waals surface area contributed by atoms with Gasteiger partial charge in [-0.3, -0.25) is 4.79 Å². The second kappa shape index (κ2) is 10.1. The van der Waals surface area contributed by atoms with Crippen molar-refractivity contribution in [3.8, 4) is 0 Å². The van der Waals surface area contributed by atoms with Crippen molar-refractivity contribution in [1.82, 2.24) is 0 Å². The first-order valence-corrected chi connectivity index (χ1v) is 10.5. The Morgan fingerprint density at radius 1 is 0.867 bits per heavy atom. The van der Waals surface area contributed by atoms with E-state index < -0.39 is 0 Å². The fourth-order valence-corrected chi connectivity index (χ4v) is 3.80. The lowest BCUT2D eigenvalue weighted by molar-refractivity contribution is -0.676. The molecule has 0 bridgehead atoms. The smallest absolute Gasteiger partial charge is 0.279 e. The van der Waals surface area contributed by atoms with Crippen molar-refractivity contribution in [3.63, 3.8) is 0 Å². The third-order valence-corrected chi connectivity index (χ3v) is 5.38. The molecule has 3 aromatic carbocycles. The number of nitrogens with two attached hydrogens (primary N) is 1. The monoisotopic (exact) mass is 402 g/mol. The van der Waals surface area contributed by atoms with Crippen molar-refractivity contribution in [3.05, 3.63) is 96.1 Å². The number of amides is 1. The molecule has 5 nitrogen and oxygen atoms in total. The van der Waals surface area contributed by atoms with Crippen molar-refractivity contribution >= 4 is 17.3 Å². The molecule has 0 aliphatic carbocycles. The van der Waals surface area contributed by atoms with Crippen LogP contribution in [-0.4, -0.2) is 38.8 Å². The maximum Gasteiger partial charge on any atom is 0.279 e. The summed E-state index contributed by atoms with van der Waals surface area (Å²) in [6.45, 7) is 3.68. The molecule has 1 amide bonds. The Hall–Kier alpha value is -3.15. The Morgan fingerprint density at radius 2 is 1.43 bits per heavy atom. The van der Waals surface area contributed by atoms with Crippen LogP contribution < -0.4 is 15.5 Å². The average molecular weight is 403 g/mol. The highest BCUT2D eigenvalue weighted by molar-refractivity contribution is 5.91. The Labute approximate surface area is 177 Å². The second-order valence-corrected chi connectivity index (χ2v) is 7.43. The molecule has 0 aromatic heterocycles. The summed E-state index contributed by atoms with van der Waals surface area (Å²) in [4.78, 5) is 14.9. The minimum atomic E-state index is -0.00835. The van der Waals surface area contributed by atoms with Gasteiger partial charge in [0.05, 0.1) is 13.2 Å². The second-order valence-electron chi connectivity index (χ2n) is 7.43. The highest BCUT2D eigenvalue weighted by Gasteiger charge is 2.18. The van der Waals surface area contributed by atoms with Gasteiger partial charge in [0, 0.05) is 35.6 Å². The van der Waals surface area contributed by atoms with E-state index in [1.54, 1.807) is 0 Å². The standard InChI is InChI=1S/C25H27N3O2/c29-24(27-22-11-13-23(14-12-22)28-15-17-30-18-16-28)19-26-25(20-7-3-1-4-8-20)21-9-5-2-6-10-21/h1-14,25-26H,15-19H2,(H,27,29)/p+1. The molecule has 1 aliphatic rings. The number of hydrogen-bond donors (Lipinski definition) is 2.